The normalized spacial score (nSPS) is 30.9. The third kappa shape index (κ3) is 2.78. The van der Waals surface area contributed by atoms with Crippen molar-refractivity contribution in [3.8, 4) is 0 Å². The van der Waals surface area contributed by atoms with Crippen molar-refractivity contribution < 1.29 is 0 Å². The minimum atomic E-state index is 0.448. The molecular weight excluding hydrogens is 274 g/mol. The highest BCUT2D eigenvalue weighted by Gasteiger charge is 2.28. The van der Waals surface area contributed by atoms with E-state index in [2.05, 4.69) is 35.2 Å². The van der Waals surface area contributed by atoms with Crippen LogP contribution in [-0.4, -0.2) is 33.8 Å². The second-order valence-electron chi connectivity index (χ2n) is 5.23. The molecule has 2 aliphatic rings. The smallest absolute Gasteiger partial charge is 0.142 e. The molecule has 1 saturated heterocycles. The molecule has 1 aliphatic heterocycles. The Morgan fingerprint density at radius 2 is 2.16 bits per heavy atom. The van der Waals surface area contributed by atoms with Gasteiger partial charge in [0.1, 0.15) is 5.82 Å². The molecule has 3 rings (SSSR count). The Morgan fingerprint density at radius 1 is 1.32 bits per heavy atom. The van der Waals surface area contributed by atoms with Crippen LogP contribution >= 0.6 is 23.5 Å². The number of nitrogens with zero attached hydrogens (tertiary/aromatic N) is 2. The minimum Gasteiger partial charge on any atom is -0.313 e. The maximum Gasteiger partial charge on any atom is 0.142 e. The van der Waals surface area contributed by atoms with E-state index < -0.39 is 0 Å². The van der Waals surface area contributed by atoms with Gasteiger partial charge in [0.2, 0.25) is 0 Å². The third-order valence-corrected chi connectivity index (χ3v) is 7.08. The zero-order valence-corrected chi connectivity index (χ0v) is 13.2. The van der Waals surface area contributed by atoms with Gasteiger partial charge in [-0.25, -0.2) is 9.97 Å². The molecule has 5 heteroatoms. The average molecular weight is 295 g/mol. The lowest BCUT2D eigenvalue weighted by Crippen LogP contribution is -2.25. The molecule has 1 aromatic rings. The Morgan fingerprint density at radius 3 is 2.95 bits per heavy atom. The van der Waals surface area contributed by atoms with Gasteiger partial charge in [-0.3, -0.25) is 0 Å². The van der Waals surface area contributed by atoms with E-state index in [1.807, 2.05) is 18.8 Å². The average Bonchev–Trinajstić information content (AvgIpc) is 2.46. The standard InChI is InChI=1S/C14H21N3S2/c1-9-13(19-7-6-18-9)14-16-8-10-11(15-2)4-3-5-12(10)17-14/h8-9,11,13,15H,3-7H2,1-2H3. The van der Waals surface area contributed by atoms with Gasteiger partial charge in [-0.2, -0.15) is 11.8 Å². The molecule has 3 nitrogen and oxygen atoms in total. The second-order valence-corrected chi connectivity index (χ2v) is 7.97. The molecule has 1 fully saturated rings. The van der Waals surface area contributed by atoms with Crippen molar-refractivity contribution in [2.45, 2.75) is 42.7 Å². The summed E-state index contributed by atoms with van der Waals surface area (Å²) < 4.78 is 0. The number of aromatic nitrogens is 2. The summed E-state index contributed by atoms with van der Waals surface area (Å²) in [7, 11) is 2.03. The fraction of sp³-hybridized carbons (Fsp3) is 0.714. The maximum absolute atomic E-state index is 4.90. The van der Waals surface area contributed by atoms with Crippen LogP contribution in [0.5, 0.6) is 0 Å². The first-order valence-electron chi connectivity index (χ1n) is 7.05. The topological polar surface area (TPSA) is 37.8 Å². The van der Waals surface area contributed by atoms with Crippen molar-refractivity contribution in [2.24, 2.45) is 0 Å². The number of fused-ring (bicyclic) bond motifs is 1. The van der Waals surface area contributed by atoms with Crippen LogP contribution in [0.15, 0.2) is 6.20 Å². The molecule has 1 N–H and O–H groups in total. The lowest BCUT2D eigenvalue weighted by Gasteiger charge is -2.29. The number of hydrogen-bond donors (Lipinski definition) is 1. The molecule has 3 unspecified atom stereocenters. The predicted molar refractivity (Wildman–Crippen MR) is 83.9 cm³/mol. The van der Waals surface area contributed by atoms with E-state index in [0.717, 1.165) is 12.2 Å². The van der Waals surface area contributed by atoms with Crippen LogP contribution in [0.1, 0.15) is 48.1 Å². The van der Waals surface area contributed by atoms with Gasteiger partial charge in [-0.1, -0.05) is 6.92 Å². The van der Waals surface area contributed by atoms with Gasteiger partial charge in [0.15, 0.2) is 0 Å². The molecule has 0 spiro atoms. The Hall–Kier alpha value is -0.260. The zero-order chi connectivity index (χ0) is 13.2. The van der Waals surface area contributed by atoms with Crippen LogP contribution in [0.2, 0.25) is 0 Å². The highest BCUT2D eigenvalue weighted by molar-refractivity contribution is 8.06. The molecule has 0 bridgehead atoms. The van der Waals surface area contributed by atoms with Crippen LogP contribution in [-0.2, 0) is 6.42 Å². The molecule has 1 aliphatic carbocycles. The first-order chi connectivity index (χ1) is 9.29. The van der Waals surface area contributed by atoms with E-state index >= 15 is 0 Å². The van der Waals surface area contributed by atoms with Crippen molar-refractivity contribution in [1.29, 1.82) is 0 Å². The van der Waals surface area contributed by atoms with Gasteiger partial charge < -0.3 is 5.32 Å². The molecule has 2 heterocycles. The lowest BCUT2D eigenvalue weighted by atomic mass is 9.92. The van der Waals surface area contributed by atoms with Crippen molar-refractivity contribution in [2.75, 3.05) is 18.6 Å². The summed E-state index contributed by atoms with van der Waals surface area (Å²) >= 11 is 4.07. The zero-order valence-electron chi connectivity index (χ0n) is 11.6. The molecular formula is C14H21N3S2. The van der Waals surface area contributed by atoms with E-state index in [-0.39, 0.29) is 0 Å². The Bertz CT molecular complexity index is 452. The quantitative estimate of drug-likeness (QED) is 0.908. The monoisotopic (exact) mass is 295 g/mol. The van der Waals surface area contributed by atoms with Crippen LogP contribution in [0.25, 0.3) is 0 Å². The van der Waals surface area contributed by atoms with E-state index in [9.17, 15) is 0 Å². The first-order valence-corrected chi connectivity index (χ1v) is 9.15. The van der Waals surface area contributed by atoms with Gasteiger partial charge in [0.05, 0.1) is 5.25 Å². The molecule has 3 atom stereocenters. The fourth-order valence-electron chi connectivity index (χ4n) is 2.92. The summed E-state index contributed by atoms with van der Waals surface area (Å²) in [6.07, 6.45) is 5.63. The molecule has 19 heavy (non-hydrogen) atoms. The van der Waals surface area contributed by atoms with E-state index in [0.29, 0.717) is 16.5 Å². The molecule has 0 aromatic carbocycles. The van der Waals surface area contributed by atoms with E-state index in [1.54, 1.807) is 0 Å². The number of thioether (sulfide) groups is 2. The van der Waals surface area contributed by atoms with Crippen molar-refractivity contribution >= 4 is 23.5 Å². The lowest BCUT2D eigenvalue weighted by molar-refractivity contribution is 0.485. The Kier molecular flexibility index (Phi) is 4.34. The summed E-state index contributed by atoms with van der Waals surface area (Å²) in [6.45, 7) is 2.31. The third-order valence-electron chi connectivity index (χ3n) is 3.99. The summed E-state index contributed by atoms with van der Waals surface area (Å²) in [6, 6.07) is 0.448. The first kappa shape index (κ1) is 13.7. The second kappa shape index (κ2) is 6.02. The van der Waals surface area contributed by atoms with Crippen molar-refractivity contribution in [3.63, 3.8) is 0 Å². The van der Waals surface area contributed by atoms with Crippen molar-refractivity contribution in [1.82, 2.24) is 15.3 Å². The van der Waals surface area contributed by atoms with Gasteiger partial charge in [0.25, 0.3) is 0 Å². The van der Waals surface area contributed by atoms with Crippen LogP contribution in [0.4, 0.5) is 0 Å². The Balaban J connectivity index is 1.88. The molecule has 0 radical (unpaired) electrons. The van der Waals surface area contributed by atoms with Gasteiger partial charge in [0, 0.05) is 40.3 Å². The molecule has 104 valence electrons. The van der Waals surface area contributed by atoms with Gasteiger partial charge in [-0.05, 0) is 26.3 Å². The molecule has 0 saturated carbocycles. The number of hydrogen-bond acceptors (Lipinski definition) is 5. The number of aryl methyl sites for hydroxylation is 1. The van der Waals surface area contributed by atoms with E-state index in [1.165, 1.54) is 35.6 Å². The van der Waals surface area contributed by atoms with Gasteiger partial charge >= 0.3 is 0 Å². The van der Waals surface area contributed by atoms with Gasteiger partial charge in [-0.15, -0.1) is 11.8 Å². The number of rotatable bonds is 2. The summed E-state index contributed by atoms with van der Waals surface area (Å²) in [5.74, 6) is 3.54. The molecule has 1 aromatic heterocycles. The SMILES string of the molecule is CNC1CCCc2nc(C3SCCSC3C)ncc21. The van der Waals surface area contributed by atoms with Crippen molar-refractivity contribution in [3.05, 3.63) is 23.3 Å². The molecule has 0 amide bonds. The summed E-state index contributed by atoms with van der Waals surface area (Å²) in [5.41, 5.74) is 2.59. The van der Waals surface area contributed by atoms with Crippen LogP contribution in [0, 0.1) is 0 Å². The largest absolute Gasteiger partial charge is 0.313 e. The predicted octanol–water partition coefficient (Wildman–Crippen LogP) is 2.98. The Labute approximate surface area is 123 Å². The maximum atomic E-state index is 4.90. The number of nitrogens with one attached hydrogen (secondary N) is 1. The highest BCUT2D eigenvalue weighted by atomic mass is 32.2. The van der Waals surface area contributed by atoms with Crippen LogP contribution in [0.3, 0.4) is 0 Å². The summed E-state index contributed by atoms with van der Waals surface area (Å²) in [4.78, 5) is 9.58. The van der Waals surface area contributed by atoms with Crippen LogP contribution < -0.4 is 5.32 Å². The minimum absolute atomic E-state index is 0.448. The van der Waals surface area contributed by atoms with E-state index in [4.69, 9.17) is 4.98 Å². The summed E-state index contributed by atoms with van der Waals surface area (Å²) in [5, 5.41) is 4.48. The fourth-order valence-corrected chi connectivity index (χ4v) is 5.61. The highest BCUT2D eigenvalue weighted by Crippen LogP contribution is 2.41.